The smallest absolute Gasteiger partial charge is 0.344 e. The van der Waals surface area contributed by atoms with Crippen LogP contribution < -0.4 is 14.4 Å². The van der Waals surface area contributed by atoms with Crippen molar-refractivity contribution in [3.63, 3.8) is 0 Å². The molecule has 1 saturated heterocycles. The number of methoxy groups -OCH3 is 1. The average molecular weight is 476 g/mol. The molecule has 0 aromatic heterocycles. The molecule has 1 fully saturated rings. The molecule has 31 heavy (non-hydrogen) atoms. The number of carbonyl (C=O) groups is 2. The molecule has 9 heteroatoms. The number of hydrogen-bond acceptors (Lipinski definition) is 8. The second-order valence-corrected chi connectivity index (χ2v) is 8.78. The summed E-state index contributed by atoms with van der Waals surface area (Å²) in [7, 11) is 1.51. The van der Waals surface area contributed by atoms with E-state index in [4.69, 9.17) is 26.4 Å². The van der Waals surface area contributed by atoms with Crippen LogP contribution in [-0.2, 0) is 14.3 Å². The Hall–Kier alpha value is -2.49. The number of thioether (sulfide) groups is 2. The molecule has 1 aliphatic heterocycles. The van der Waals surface area contributed by atoms with Crippen LogP contribution >= 0.6 is 35.7 Å². The lowest BCUT2D eigenvalue weighted by molar-refractivity contribution is -0.145. The van der Waals surface area contributed by atoms with E-state index in [1.54, 1.807) is 43.0 Å². The Morgan fingerprint density at radius 2 is 2.03 bits per heavy atom. The Balaban J connectivity index is 1.84. The number of esters is 1. The van der Waals surface area contributed by atoms with Gasteiger partial charge < -0.3 is 14.2 Å². The van der Waals surface area contributed by atoms with Crippen molar-refractivity contribution >= 4 is 63.7 Å². The molecular formula is C22H21NO5S3. The van der Waals surface area contributed by atoms with Crippen molar-refractivity contribution in [1.29, 1.82) is 0 Å². The number of hydrogen-bond donors (Lipinski definition) is 0. The lowest BCUT2D eigenvalue weighted by Crippen LogP contribution is -2.27. The van der Waals surface area contributed by atoms with Crippen LogP contribution in [0.1, 0.15) is 12.5 Å². The van der Waals surface area contributed by atoms with Gasteiger partial charge in [0, 0.05) is 4.90 Å². The van der Waals surface area contributed by atoms with Crippen molar-refractivity contribution in [2.24, 2.45) is 0 Å². The first kappa shape index (κ1) is 23.2. The third kappa shape index (κ3) is 5.61. The van der Waals surface area contributed by atoms with Gasteiger partial charge in [-0.2, -0.15) is 0 Å². The Morgan fingerprint density at radius 3 is 2.74 bits per heavy atom. The van der Waals surface area contributed by atoms with Gasteiger partial charge in [0.25, 0.3) is 5.91 Å². The van der Waals surface area contributed by atoms with Crippen LogP contribution in [0.5, 0.6) is 11.5 Å². The molecule has 0 N–H and O–H groups in total. The predicted molar refractivity (Wildman–Crippen MR) is 129 cm³/mol. The summed E-state index contributed by atoms with van der Waals surface area (Å²) in [6, 6.07) is 12.9. The van der Waals surface area contributed by atoms with Gasteiger partial charge in [0.05, 0.1) is 24.3 Å². The molecule has 1 aliphatic rings. The fourth-order valence-electron chi connectivity index (χ4n) is 2.83. The van der Waals surface area contributed by atoms with Gasteiger partial charge in [-0.25, -0.2) is 4.79 Å². The highest BCUT2D eigenvalue weighted by atomic mass is 32.2. The maximum Gasteiger partial charge on any atom is 0.344 e. The third-order valence-corrected chi connectivity index (χ3v) is 6.27. The second kappa shape index (κ2) is 10.7. The quantitative estimate of drug-likeness (QED) is 0.234. The summed E-state index contributed by atoms with van der Waals surface area (Å²) < 4.78 is 16.2. The summed E-state index contributed by atoms with van der Waals surface area (Å²) >= 11 is 8.30. The Kier molecular flexibility index (Phi) is 8.00. The van der Waals surface area contributed by atoms with Gasteiger partial charge in [-0.1, -0.05) is 36.1 Å². The van der Waals surface area contributed by atoms with Crippen LogP contribution in [0.3, 0.4) is 0 Å². The van der Waals surface area contributed by atoms with E-state index in [1.165, 1.54) is 23.8 Å². The second-order valence-electron chi connectivity index (χ2n) is 6.22. The fraction of sp³-hybridized carbons (Fsp3) is 0.227. The summed E-state index contributed by atoms with van der Waals surface area (Å²) in [5.41, 5.74) is 1.46. The number of ether oxygens (including phenoxy) is 3. The minimum absolute atomic E-state index is 0.182. The van der Waals surface area contributed by atoms with Crippen LogP contribution in [0.4, 0.5) is 5.69 Å². The molecule has 2 aromatic rings. The predicted octanol–water partition coefficient (Wildman–Crippen LogP) is 4.76. The number of rotatable bonds is 8. The first-order chi connectivity index (χ1) is 15.0. The lowest BCUT2D eigenvalue weighted by atomic mass is 10.2. The molecule has 0 atom stereocenters. The van der Waals surface area contributed by atoms with Crippen LogP contribution in [0.2, 0.25) is 0 Å². The van der Waals surface area contributed by atoms with Crippen LogP contribution in [0, 0.1) is 0 Å². The third-order valence-electron chi connectivity index (χ3n) is 4.24. The van der Waals surface area contributed by atoms with Crippen molar-refractivity contribution in [3.05, 3.63) is 52.9 Å². The van der Waals surface area contributed by atoms with E-state index >= 15 is 0 Å². The highest BCUT2D eigenvalue weighted by Gasteiger charge is 2.33. The monoisotopic (exact) mass is 475 g/mol. The number of benzene rings is 2. The molecule has 0 unspecified atom stereocenters. The highest BCUT2D eigenvalue weighted by Crippen LogP contribution is 2.38. The molecular weight excluding hydrogens is 454 g/mol. The maximum atomic E-state index is 13.0. The zero-order valence-corrected chi connectivity index (χ0v) is 19.7. The zero-order chi connectivity index (χ0) is 22.4. The lowest BCUT2D eigenvalue weighted by Gasteiger charge is -2.15. The van der Waals surface area contributed by atoms with Crippen molar-refractivity contribution in [2.75, 3.05) is 31.5 Å². The van der Waals surface area contributed by atoms with E-state index in [9.17, 15) is 9.59 Å². The first-order valence-electron chi connectivity index (χ1n) is 9.35. The van der Waals surface area contributed by atoms with Crippen LogP contribution in [-0.4, -0.2) is 42.8 Å². The normalized spacial score (nSPS) is 14.8. The molecule has 3 rings (SSSR count). The average Bonchev–Trinajstić information content (AvgIpc) is 3.05. The summed E-state index contributed by atoms with van der Waals surface area (Å²) in [5, 5.41) is 0. The number of thiocarbonyl (C=S) groups is 1. The Bertz CT molecular complexity index is 1040. The van der Waals surface area contributed by atoms with Crippen LogP contribution in [0.25, 0.3) is 6.08 Å². The van der Waals surface area contributed by atoms with Crippen molar-refractivity contribution < 1.29 is 23.8 Å². The standard InChI is InChI=1S/C22H21NO5S3/c1-4-27-20(24)13-28-18-10-14(8-9-17(18)26-2)11-19-21(25)23(22(29)31-19)15-6-5-7-16(12-15)30-3/h5-12H,4,13H2,1-3H3/b19-11-. The number of anilines is 1. The fourth-order valence-corrected chi connectivity index (χ4v) is 4.58. The van der Waals surface area contributed by atoms with E-state index in [1.807, 2.05) is 30.5 Å². The van der Waals surface area contributed by atoms with E-state index in [2.05, 4.69) is 0 Å². The van der Waals surface area contributed by atoms with E-state index in [-0.39, 0.29) is 19.1 Å². The molecule has 0 saturated carbocycles. The molecule has 0 aliphatic carbocycles. The first-order valence-corrected chi connectivity index (χ1v) is 11.8. The number of nitrogens with zero attached hydrogens (tertiary/aromatic N) is 1. The summed E-state index contributed by atoms with van der Waals surface area (Å²) in [6.07, 6.45) is 3.73. The van der Waals surface area contributed by atoms with Gasteiger partial charge in [0.2, 0.25) is 0 Å². The number of amides is 1. The van der Waals surface area contributed by atoms with E-state index in [0.29, 0.717) is 20.7 Å². The van der Waals surface area contributed by atoms with Crippen molar-refractivity contribution in [1.82, 2.24) is 0 Å². The Labute approximate surface area is 194 Å². The highest BCUT2D eigenvalue weighted by molar-refractivity contribution is 8.27. The molecule has 0 spiro atoms. The summed E-state index contributed by atoms with van der Waals surface area (Å²) in [6.45, 7) is 1.77. The van der Waals surface area contributed by atoms with Gasteiger partial charge >= 0.3 is 5.97 Å². The van der Waals surface area contributed by atoms with E-state index < -0.39 is 5.97 Å². The van der Waals surface area contributed by atoms with Crippen molar-refractivity contribution in [2.45, 2.75) is 11.8 Å². The largest absolute Gasteiger partial charge is 0.493 e. The molecule has 1 amide bonds. The molecule has 0 bridgehead atoms. The van der Waals surface area contributed by atoms with Gasteiger partial charge in [-0.15, -0.1) is 11.8 Å². The molecule has 162 valence electrons. The zero-order valence-electron chi connectivity index (χ0n) is 17.2. The number of carbonyl (C=O) groups excluding carboxylic acids is 2. The summed E-state index contributed by atoms with van der Waals surface area (Å²) in [5.74, 6) is 0.205. The van der Waals surface area contributed by atoms with Gasteiger partial charge in [0.1, 0.15) is 0 Å². The van der Waals surface area contributed by atoms with Gasteiger partial charge in [0.15, 0.2) is 22.4 Å². The Morgan fingerprint density at radius 1 is 1.23 bits per heavy atom. The minimum Gasteiger partial charge on any atom is -0.493 e. The van der Waals surface area contributed by atoms with Gasteiger partial charge in [-0.3, -0.25) is 9.69 Å². The molecule has 0 radical (unpaired) electrons. The van der Waals surface area contributed by atoms with Crippen LogP contribution in [0.15, 0.2) is 52.3 Å². The van der Waals surface area contributed by atoms with E-state index in [0.717, 1.165) is 16.1 Å². The molecule has 1 heterocycles. The molecule has 2 aromatic carbocycles. The minimum atomic E-state index is -0.469. The summed E-state index contributed by atoms with van der Waals surface area (Å²) in [4.78, 5) is 27.7. The topological polar surface area (TPSA) is 65.1 Å². The maximum absolute atomic E-state index is 13.0. The van der Waals surface area contributed by atoms with Gasteiger partial charge in [-0.05, 0) is 55.2 Å². The molecule has 6 nitrogen and oxygen atoms in total. The van der Waals surface area contributed by atoms with Crippen molar-refractivity contribution in [3.8, 4) is 11.5 Å². The SMILES string of the molecule is CCOC(=O)COc1cc(/C=C2\SC(=S)N(c3cccc(SC)c3)C2=O)ccc1OC.